The second kappa shape index (κ2) is 4.38. The number of carbonyl (C=O) groups excluding carboxylic acids is 1. The lowest BCUT2D eigenvalue weighted by Crippen LogP contribution is -2.55. The van der Waals surface area contributed by atoms with Gasteiger partial charge in [0.25, 0.3) is 0 Å². The Kier molecular flexibility index (Phi) is 3.14. The molecule has 0 bridgehead atoms. The molecule has 3 heteroatoms. The minimum absolute atomic E-state index is 0.0177. The molecular weight excluding hydrogens is 238 g/mol. The fourth-order valence-electron chi connectivity index (χ4n) is 3.02. The Morgan fingerprint density at radius 2 is 1.89 bits per heavy atom. The van der Waals surface area contributed by atoms with Gasteiger partial charge in [-0.3, -0.25) is 4.79 Å². The molecule has 1 fully saturated rings. The molecule has 100 valence electrons. The average Bonchev–Trinajstić information content (AvgIpc) is 2.35. The van der Waals surface area contributed by atoms with Crippen molar-refractivity contribution in [3.8, 4) is 11.8 Å². The highest BCUT2D eigenvalue weighted by atomic mass is 16.5. The van der Waals surface area contributed by atoms with Gasteiger partial charge in [-0.15, -0.1) is 0 Å². The summed E-state index contributed by atoms with van der Waals surface area (Å²) in [4.78, 5) is 12.1. The third-order valence-electron chi connectivity index (χ3n) is 4.23. The third kappa shape index (κ3) is 1.83. The Bertz CT molecular complexity index is 533. The van der Waals surface area contributed by atoms with Crippen molar-refractivity contribution < 1.29 is 9.53 Å². The van der Waals surface area contributed by atoms with Gasteiger partial charge in [0.05, 0.1) is 13.2 Å². The number of ether oxygens (including phenoxy) is 1. The van der Waals surface area contributed by atoms with Gasteiger partial charge >= 0.3 is 0 Å². The first-order valence-corrected chi connectivity index (χ1v) is 6.45. The van der Waals surface area contributed by atoms with Gasteiger partial charge in [-0.25, -0.2) is 0 Å². The zero-order valence-corrected chi connectivity index (χ0v) is 11.9. The summed E-state index contributed by atoms with van der Waals surface area (Å²) >= 11 is 0. The maximum absolute atomic E-state index is 12.1. The van der Waals surface area contributed by atoms with E-state index >= 15 is 0 Å². The highest BCUT2D eigenvalue weighted by Crippen LogP contribution is 2.59. The van der Waals surface area contributed by atoms with E-state index in [1.807, 2.05) is 45.0 Å². The SMILES string of the molecule is COc1ccc([C@H]2CC(=O)[C@]2(C#N)C(C)(C)C)cc1. The van der Waals surface area contributed by atoms with E-state index < -0.39 is 5.41 Å². The number of benzene rings is 1. The molecule has 0 saturated heterocycles. The predicted molar refractivity (Wildman–Crippen MR) is 72.9 cm³/mol. The van der Waals surface area contributed by atoms with Crippen LogP contribution in [0.3, 0.4) is 0 Å². The topological polar surface area (TPSA) is 50.1 Å². The van der Waals surface area contributed by atoms with Crippen LogP contribution in [0.5, 0.6) is 5.75 Å². The van der Waals surface area contributed by atoms with Crippen LogP contribution in [0.15, 0.2) is 24.3 Å². The van der Waals surface area contributed by atoms with Crippen LogP contribution in [0.4, 0.5) is 0 Å². The Labute approximate surface area is 114 Å². The van der Waals surface area contributed by atoms with Crippen molar-refractivity contribution >= 4 is 5.78 Å². The summed E-state index contributed by atoms with van der Waals surface area (Å²) < 4.78 is 5.14. The highest BCUT2D eigenvalue weighted by molar-refractivity contribution is 5.97. The van der Waals surface area contributed by atoms with Crippen LogP contribution in [0.25, 0.3) is 0 Å². The summed E-state index contributed by atoms with van der Waals surface area (Å²) in [7, 11) is 1.62. The van der Waals surface area contributed by atoms with Crippen molar-refractivity contribution in [1.29, 1.82) is 5.26 Å². The number of nitriles is 1. The van der Waals surface area contributed by atoms with Crippen LogP contribution in [0, 0.1) is 22.2 Å². The monoisotopic (exact) mass is 257 g/mol. The standard InChI is InChI=1S/C16H19NO2/c1-15(2,3)16(10-17)13(9-14(16)18)11-5-7-12(19-4)8-6-11/h5-8,13H,9H2,1-4H3/t13-,16-/m1/s1. The number of Topliss-reactive ketones (excluding diaryl/α,β-unsaturated/α-hetero) is 1. The zero-order valence-electron chi connectivity index (χ0n) is 11.9. The van der Waals surface area contributed by atoms with Crippen LogP contribution < -0.4 is 4.74 Å². The molecule has 1 saturated carbocycles. The summed E-state index contributed by atoms with van der Waals surface area (Å²) in [6.07, 6.45) is 0.456. The van der Waals surface area contributed by atoms with Crippen LogP contribution in [0.2, 0.25) is 0 Å². The molecule has 0 aromatic heterocycles. The summed E-state index contributed by atoms with van der Waals surface area (Å²) in [5.74, 6) is 0.826. The van der Waals surface area contributed by atoms with Gasteiger partial charge in [0.2, 0.25) is 0 Å². The molecule has 0 unspecified atom stereocenters. The molecule has 2 atom stereocenters. The van der Waals surface area contributed by atoms with Gasteiger partial charge in [0.15, 0.2) is 5.78 Å². The van der Waals surface area contributed by atoms with Crippen LogP contribution in [0.1, 0.15) is 38.7 Å². The fraction of sp³-hybridized carbons (Fsp3) is 0.500. The lowest BCUT2D eigenvalue weighted by molar-refractivity contribution is -0.144. The Hall–Kier alpha value is -1.82. The number of ketones is 1. The van der Waals surface area contributed by atoms with Crippen LogP contribution >= 0.6 is 0 Å². The maximum atomic E-state index is 12.1. The first kappa shape index (κ1) is 13.6. The van der Waals surface area contributed by atoms with Gasteiger partial charge in [-0.2, -0.15) is 5.26 Å². The van der Waals surface area contributed by atoms with E-state index in [9.17, 15) is 10.1 Å². The zero-order chi connectivity index (χ0) is 14.3. The molecule has 2 rings (SSSR count). The van der Waals surface area contributed by atoms with E-state index in [0.29, 0.717) is 6.42 Å². The van der Waals surface area contributed by atoms with Gasteiger partial charge in [-0.05, 0) is 23.1 Å². The van der Waals surface area contributed by atoms with Crippen molar-refractivity contribution in [1.82, 2.24) is 0 Å². The van der Waals surface area contributed by atoms with Crippen molar-refractivity contribution in [3.63, 3.8) is 0 Å². The Morgan fingerprint density at radius 1 is 1.32 bits per heavy atom. The molecule has 0 amide bonds. The molecule has 0 heterocycles. The van der Waals surface area contributed by atoms with Gasteiger partial charge in [0.1, 0.15) is 11.2 Å². The summed E-state index contributed by atoms with van der Waals surface area (Å²) in [6, 6.07) is 9.96. The molecular formula is C16H19NO2. The van der Waals surface area contributed by atoms with Crippen molar-refractivity contribution in [2.75, 3.05) is 7.11 Å². The minimum Gasteiger partial charge on any atom is -0.497 e. The second-order valence-electron chi connectivity index (χ2n) is 6.12. The predicted octanol–water partition coefficient (Wildman–Crippen LogP) is 3.31. The number of nitrogens with zero attached hydrogens (tertiary/aromatic N) is 1. The smallest absolute Gasteiger partial charge is 0.154 e. The first-order valence-electron chi connectivity index (χ1n) is 6.45. The van der Waals surface area contributed by atoms with Crippen molar-refractivity contribution in [2.24, 2.45) is 10.8 Å². The second-order valence-corrected chi connectivity index (χ2v) is 6.12. The third-order valence-corrected chi connectivity index (χ3v) is 4.23. The fourth-order valence-corrected chi connectivity index (χ4v) is 3.02. The molecule has 0 N–H and O–H groups in total. The Morgan fingerprint density at radius 3 is 2.26 bits per heavy atom. The van der Waals surface area contributed by atoms with E-state index in [1.54, 1.807) is 7.11 Å². The molecule has 1 aromatic carbocycles. The molecule has 0 radical (unpaired) electrons. The lowest BCUT2D eigenvalue weighted by Gasteiger charge is -2.51. The normalized spacial score (nSPS) is 26.5. The maximum Gasteiger partial charge on any atom is 0.154 e. The van der Waals surface area contributed by atoms with E-state index in [4.69, 9.17) is 4.74 Å². The van der Waals surface area contributed by atoms with Gasteiger partial charge < -0.3 is 4.74 Å². The molecule has 19 heavy (non-hydrogen) atoms. The summed E-state index contributed by atoms with van der Waals surface area (Å²) in [6.45, 7) is 5.89. The van der Waals surface area contributed by atoms with Gasteiger partial charge in [0, 0.05) is 12.3 Å². The Balaban J connectivity index is 2.40. The summed E-state index contributed by atoms with van der Waals surface area (Å²) in [5.41, 5.74) is -0.222. The molecule has 1 aliphatic rings. The molecule has 0 spiro atoms. The largest absolute Gasteiger partial charge is 0.497 e. The average molecular weight is 257 g/mol. The molecule has 1 aliphatic carbocycles. The van der Waals surface area contributed by atoms with E-state index in [0.717, 1.165) is 11.3 Å². The number of hydrogen-bond acceptors (Lipinski definition) is 3. The number of carbonyl (C=O) groups is 1. The van der Waals surface area contributed by atoms with E-state index in [1.165, 1.54) is 0 Å². The number of methoxy groups -OCH3 is 1. The number of hydrogen-bond donors (Lipinski definition) is 0. The van der Waals surface area contributed by atoms with E-state index in [2.05, 4.69) is 6.07 Å². The molecule has 3 nitrogen and oxygen atoms in total. The van der Waals surface area contributed by atoms with Crippen molar-refractivity contribution in [3.05, 3.63) is 29.8 Å². The molecule has 0 aliphatic heterocycles. The van der Waals surface area contributed by atoms with Crippen LogP contribution in [-0.4, -0.2) is 12.9 Å². The quantitative estimate of drug-likeness (QED) is 0.816. The van der Waals surface area contributed by atoms with Gasteiger partial charge in [-0.1, -0.05) is 32.9 Å². The van der Waals surface area contributed by atoms with Crippen molar-refractivity contribution in [2.45, 2.75) is 33.1 Å². The first-order chi connectivity index (χ1) is 8.86. The summed E-state index contributed by atoms with van der Waals surface area (Å²) in [5, 5.41) is 9.58. The minimum atomic E-state index is -0.901. The molecule has 1 aromatic rings. The van der Waals surface area contributed by atoms with E-state index in [-0.39, 0.29) is 17.1 Å². The van der Waals surface area contributed by atoms with Crippen LogP contribution in [-0.2, 0) is 4.79 Å². The number of rotatable bonds is 2. The lowest BCUT2D eigenvalue weighted by atomic mass is 9.47. The highest BCUT2D eigenvalue weighted by Gasteiger charge is 2.62.